The molecule has 0 fully saturated rings. The average molecular weight is 492 g/mol. The molecule has 0 saturated carbocycles. The topological polar surface area (TPSA) is 61.9 Å². The third-order valence-corrected chi connectivity index (χ3v) is 6.30. The summed E-state index contributed by atoms with van der Waals surface area (Å²) < 4.78 is 18.8. The highest BCUT2D eigenvalue weighted by atomic mass is 19.1. The predicted octanol–water partition coefficient (Wildman–Crippen LogP) is 5.84. The lowest BCUT2D eigenvalue weighted by atomic mass is 10.0. The van der Waals surface area contributed by atoms with Crippen LogP contribution in [0.4, 0.5) is 15.8 Å². The Labute approximate surface area is 212 Å². The summed E-state index contributed by atoms with van der Waals surface area (Å²) in [4.78, 5) is 30.2. The second kappa shape index (κ2) is 11.7. The Morgan fingerprint density at radius 3 is 2.22 bits per heavy atom. The van der Waals surface area contributed by atoms with E-state index >= 15 is 0 Å². The number of hydrogen-bond donors (Lipinski definition) is 1. The van der Waals surface area contributed by atoms with Crippen LogP contribution in [-0.4, -0.2) is 44.0 Å². The molecule has 3 rings (SSSR count). The van der Waals surface area contributed by atoms with Crippen molar-refractivity contribution in [2.75, 3.05) is 31.4 Å². The number of methoxy groups -OCH3 is 1. The molecule has 6 nitrogen and oxygen atoms in total. The van der Waals surface area contributed by atoms with Crippen molar-refractivity contribution < 1.29 is 18.7 Å². The van der Waals surface area contributed by atoms with E-state index in [1.54, 1.807) is 43.5 Å². The molecular formula is C29H34FN3O3. The Kier molecular flexibility index (Phi) is 8.69. The molecule has 190 valence electrons. The van der Waals surface area contributed by atoms with Crippen LogP contribution in [0.2, 0.25) is 0 Å². The molecule has 1 N–H and O–H groups in total. The largest absolute Gasteiger partial charge is 0.497 e. The fraction of sp³-hybridized carbons (Fsp3) is 0.310. The van der Waals surface area contributed by atoms with Crippen molar-refractivity contribution in [3.8, 4) is 5.75 Å². The standard InChI is InChI=1S/C29H34FN3O3/c1-19(2)20(3)33(29(35)21-10-13-26(36-6)14-11-21)18-23-17-25(12-15-27(23)32(4)5)31-28(34)22-8-7-9-24(30)16-22/h7-17,19-20H,18H2,1-6H3,(H,31,34). The first kappa shape index (κ1) is 26.7. The van der Waals surface area contributed by atoms with Crippen LogP contribution in [0.3, 0.4) is 0 Å². The van der Waals surface area contributed by atoms with Gasteiger partial charge in [0.1, 0.15) is 11.6 Å². The Morgan fingerprint density at radius 2 is 1.64 bits per heavy atom. The van der Waals surface area contributed by atoms with Crippen LogP contribution < -0.4 is 15.0 Å². The second-order valence-electron chi connectivity index (χ2n) is 9.35. The van der Waals surface area contributed by atoms with Crippen LogP contribution in [0, 0.1) is 11.7 Å². The van der Waals surface area contributed by atoms with Crippen LogP contribution in [0.5, 0.6) is 5.75 Å². The van der Waals surface area contributed by atoms with Crippen LogP contribution >= 0.6 is 0 Å². The van der Waals surface area contributed by atoms with Crippen LogP contribution in [0.1, 0.15) is 47.1 Å². The summed E-state index contributed by atoms with van der Waals surface area (Å²) >= 11 is 0. The zero-order valence-corrected chi connectivity index (χ0v) is 21.7. The minimum Gasteiger partial charge on any atom is -0.497 e. The molecule has 0 aliphatic carbocycles. The molecular weight excluding hydrogens is 457 g/mol. The van der Waals surface area contributed by atoms with Gasteiger partial charge < -0.3 is 19.9 Å². The van der Waals surface area contributed by atoms with Crippen molar-refractivity contribution in [2.45, 2.75) is 33.4 Å². The minimum atomic E-state index is -0.471. The van der Waals surface area contributed by atoms with Crippen LogP contribution in [-0.2, 0) is 6.54 Å². The molecule has 0 heterocycles. The molecule has 7 heteroatoms. The van der Waals surface area contributed by atoms with Gasteiger partial charge in [0.25, 0.3) is 11.8 Å². The van der Waals surface area contributed by atoms with Gasteiger partial charge in [-0.3, -0.25) is 9.59 Å². The van der Waals surface area contributed by atoms with Gasteiger partial charge in [0.2, 0.25) is 0 Å². The van der Waals surface area contributed by atoms with Crippen molar-refractivity contribution >= 4 is 23.2 Å². The number of carbonyl (C=O) groups is 2. The summed E-state index contributed by atoms with van der Waals surface area (Å²) in [6.45, 7) is 6.56. The molecule has 0 saturated heterocycles. The van der Waals surface area contributed by atoms with Crippen molar-refractivity contribution in [2.24, 2.45) is 5.92 Å². The number of benzene rings is 3. The van der Waals surface area contributed by atoms with Crippen molar-refractivity contribution in [1.29, 1.82) is 0 Å². The summed E-state index contributed by atoms with van der Waals surface area (Å²) in [7, 11) is 5.46. The average Bonchev–Trinajstić information content (AvgIpc) is 2.86. The first-order valence-corrected chi connectivity index (χ1v) is 11.9. The van der Waals surface area contributed by atoms with Gasteiger partial charge in [0.05, 0.1) is 7.11 Å². The number of hydrogen-bond acceptors (Lipinski definition) is 4. The Morgan fingerprint density at radius 1 is 0.944 bits per heavy atom. The summed E-state index contributed by atoms with van der Waals surface area (Å²) in [5.41, 5.74) is 3.19. The van der Waals surface area contributed by atoms with E-state index in [1.165, 1.54) is 18.2 Å². The highest BCUT2D eigenvalue weighted by Gasteiger charge is 2.25. The number of halogens is 1. The van der Waals surface area contributed by atoms with Gasteiger partial charge in [0, 0.05) is 49.2 Å². The number of anilines is 2. The van der Waals surface area contributed by atoms with E-state index in [2.05, 4.69) is 19.2 Å². The van der Waals surface area contributed by atoms with E-state index in [-0.39, 0.29) is 23.4 Å². The lowest BCUT2D eigenvalue weighted by Gasteiger charge is -2.33. The van der Waals surface area contributed by atoms with E-state index < -0.39 is 11.7 Å². The van der Waals surface area contributed by atoms with Gasteiger partial charge in [-0.15, -0.1) is 0 Å². The number of amides is 2. The monoisotopic (exact) mass is 491 g/mol. The van der Waals surface area contributed by atoms with Crippen molar-refractivity contribution in [3.05, 3.63) is 89.2 Å². The third kappa shape index (κ3) is 6.42. The Balaban J connectivity index is 1.94. The van der Waals surface area contributed by atoms with E-state index in [1.807, 2.05) is 43.0 Å². The van der Waals surface area contributed by atoms with Gasteiger partial charge >= 0.3 is 0 Å². The fourth-order valence-corrected chi connectivity index (χ4v) is 3.90. The van der Waals surface area contributed by atoms with Crippen LogP contribution in [0.15, 0.2) is 66.7 Å². The van der Waals surface area contributed by atoms with Crippen molar-refractivity contribution in [1.82, 2.24) is 4.90 Å². The van der Waals surface area contributed by atoms with Gasteiger partial charge in [-0.05, 0) is 79.1 Å². The summed E-state index contributed by atoms with van der Waals surface area (Å²) in [6, 6.07) is 18.2. The number of nitrogens with zero attached hydrogens (tertiary/aromatic N) is 2. The van der Waals surface area contributed by atoms with Gasteiger partial charge in [-0.1, -0.05) is 19.9 Å². The first-order chi connectivity index (χ1) is 17.1. The highest BCUT2D eigenvalue weighted by Crippen LogP contribution is 2.28. The molecule has 3 aromatic carbocycles. The molecule has 0 aromatic heterocycles. The van der Waals surface area contributed by atoms with Gasteiger partial charge in [0.15, 0.2) is 0 Å². The van der Waals surface area contributed by atoms with E-state index in [4.69, 9.17) is 4.74 Å². The second-order valence-corrected chi connectivity index (χ2v) is 9.35. The first-order valence-electron chi connectivity index (χ1n) is 11.9. The van der Waals surface area contributed by atoms with Crippen LogP contribution in [0.25, 0.3) is 0 Å². The lowest BCUT2D eigenvalue weighted by Crippen LogP contribution is -2.41. The Hall–Kier alpha value is -3.87. The molecule has 0 aliphatic heterocycles. The maximum atomic E-state index is 13.6. The lowest BCUT2D eigenvalue weighted by molar-refractivity contribution is 0.0628. The summed E-state index contributed by atoms with van der Waals surface area (Å²) in [6.07, 6.45) is 0. The van der Waals surface area contributed by atoms with Crippen molar-refractivity contribution in [3.63, 3.8) is 0 Å². The maximum Gasteiger partial charge on any atom is 0.255 e. The molecule has 36 heavy (non-hydrogen) atoms. The molecule has 0 spiro atoms. The summed E-state index contributed by atoms with van der Waals surface area (Å²) in [5, 5.41) is 2.85. The molecule has 1 atom stereocenters. The molecule has 0 bridgehead atoms. The normalized spacial score (nSPS) is 11.7. The molecule has 0 radical (unpaired) electrons. The Bertz CT molecular complexity index is 1210. The number of rotatable bonds is 9. The molecule has 3 aromatic rings. The highest BCUT2D eigenvalue weighted by molar-refractivity contribution is 6.04. The van der Waals surface area contributed by atoms with E-state index in [0.717, 1.165) is 11.3 Å². The molecule has 1 unspecified atom stereocenters. The third-order valence-electron chi connectivity index (χ3n) is 6.30. The smallest absolute Gasteiger partial charge is 0.255 e. The number of carbonyl (C=O) groups excluding carboxylic acids is 2. The fourth-order valence-electron chi connectivity index (χ4n) is 3.90. The zero-order valence-electron chi connectivity index (χ0n) is 21.7. The molecule has 0 aliphatic rings. The zero-order chi connectivity index (χ0) is 26.4. The number of nitrogens with one attached hydrogen (secondary N) is 1. The SMILES string of the molecule is COc1ccc(C(=O)N(Cc2cc(NC(=O)c3cccc(F)c3)ccc2N(C)C)C(C)C(C)C)cc1. The quantitative estimate of drug-likeness (QED) is 0.409. The van der Waals surface area contributed by atoms with Gasteiger partial charge in [-0.25, -0.2) is 4.39 Å². The maximum absolute atomic E-state index is 13.6. The predicted molar refractivity (Wildman–Crippen MR) is 142 cm³/mol. The minimum absolute atomic E-state index is 0.0415. The van der Waals surface area contributed by atoms with Gasteiger partial charge in [-0.2, -0.15) is 0 Å². The summed E-state index contributed by atoms with van der Waals surface area (Å²) in [5.74, 6) is -0.0447. The molecule has 2 amide bonds. The van der Waals surface area contributed by atoms with E-state index in [0.29, 0.717) is 23.5 Å². The van der Waals surface area contributed by atoms with E-state index in [9.17, 15) is 14.0 Å². The number of ether oxygens (including phenoxy) is 1.